The lowest BCUT2D eigenvalue weighted by molar-refractivity contribution is -0.132. The number of hydrogen-bond donors (Lipinski definition) is 0. The number of pyridine rings is 1. The maximum atomic E-state index is 12.6. The first-order valence-electron chi connectivity index (χ1n) is 9.18. The molecule has 4 heterocycles. The number of carbonyl (C=O) groups is 1. The van der Waals surface area contributed by atoms with Gasteiger partial charge >= 0.3 is 0 Å². The monoisotopic (exact) mass is 366 g/mol. The molecule has 1 atom stereocenters. The van der Waals surface area contributed by atoms with Crippen LogP contribution in [0.25, 0.3) is 11.4 Å². The Hall–Kier alpha value is -3.03. The molecule has 0 aliphatic carbocycles. The molecular formula is C19H22N6O2. The zero-order chi connectivity index (χ0) is 18.6. The Bertz CT molecular complexity index is 904. The molecule has 4 rings (SSSR count). The van der Waals surface area contributed by atoms with Gasteiger partial charge in [0, 0.05) is 69.2 Å². The highest BCUT2D eigenvalue weighted by Gasteiger charge is 2.27. The van der Waals surface area contributed by atoms with Gasteiger partial charge < -0.3 is 14.0 Å². The van der Waals surface area contributed by atoms with Crippen molar-refractivity contribution >= 4 is 5.91 Å². The van der Waals surface area contributed by atoms with Gasteiger partial charge in [-0.3, -0.25) is 9.78 Å². The van der Waals surface area contributed by atoms with Gasteiger partial charge in [-0.1, -0.05) is 5.16 Å². The largest absolute Gasteiger partial charge is 0.342 e. The van der Waals surface area contributed by atoms with Crippen molar-refractivity contribution in [1.82, 2.24) is 29.6 Å². The second kappa shape index (κ2) is 7.69. The maximum Gasteiger partial charge on any atom is 0.227 e. The summed E-state index contributed by atoms with van der Waals surface area (Å²) in [5.74, 6) is 2.43. The molecule has 8 heteroatoms. The lowest BCUT2D eigenvalue weighted by Gasteiger charge is -2.32. The summed E-state index contributed by atoms with van der Waals surface area (Å²) in [7, 11) is 2.00. The number of nitrogens with zero attached hydrogens (tertiary/aromatic N) is 6. The Kier molecular flexibility index (Phi) is 4.95. The minimum absolute atomic E-state index is 0.120. The minimum Gasteiger partial charge on any atom is -0.342 e. The molecule has 0 N–H and O–H groups in total. The molecule has 1 aliphatic heterocycles. The first-order valence-corrected chi connectivity index (χ1v) is 9.18. The van der Waals surface area contributed by atoms with E-state index in [2.05, 4.69) is 20.1 Å². The summed E-state index contributed by atoms with van der Waals surface area (Å²) in [4.78, 5) is 27.4. The molecule has 1 unspecified atom stereocenters. The smallest absolute Gasteiger partial charge is 0.227 e. The fourth-order valence-corrected chi connectivity index (χ4v) is 3.53. The Morgan fingerprint density at radius 1 is 1.37 bits per heavy atom. The summed E-state index contributed by atoms with van der Waals surface area (Å²) < 4.78 is 7.32. The molecule has 3 aromatic heterocycles. The van der Waals surface area contributed by atoms with E-state index < -0.39 is 0 Å². The topological polar surface area (TPSA) is 89.9 Å². The van der Waals surface area contributed by atoms with Crippen LogP contribution in [-0.2, 0) is 18.3 Å². The van der Waals surface area contributed by atoms with Crippen molar-refractivity contribution < 1.29 is 9.32 Å². The average Bonchev–Trinajstić information content (AvgIpc) is 3.36. The minimum atomic E-state index is 0.120. The first kappa shape index (κ1) is 17.4. The molecule has 27 heavy (non-hydrogen) atoms. The number of piperidine rings is 1. The molecule has 1 saturated heterocycles. The Morgan fingerprint density at radius 3 is 3.07 bits per heavy atom. The van der Waals surface area contributed by atoms with Crippen molar-refractivity contribution in [2.75, 3.05) is 13.1 Å². The van der Waals surface area contributed by atoms with Crippen LogP contribution in [0.15, 0.2) is 41.4 Å². The second-order valence-electron chi connectivity index (χ2n) is 6.83. The molecule has 0 bridgehead atoms. The summed E-state index contributed by atoms with van der Waals surface area (Å²) in [5.41, 5.74) is 0.799. The van der Waals surface area contributed by atoms with Gasteiger partial charge in [0.2, 0.25) is 17.6 Å². The van der Waals surface area contributed by atoms with E-state index >= 15 is 0 Å². The standard InChI is InChI=1S/C19H22N6O2/c1-24-11-9-21-19(24)15-5-3-10-25(13-15)17(26)7-6-16-22-18(23-27-16)14-4-2-8-20-12-14/h2,4,8-9,11-12,15H,3,5-7,10,13H2,1H3. The van der Waals surface area contributed by atoms with Gasteiger partial charge in [0.25, 0.3) is 0 Å². The molecule has 140 valence electrons. The predicted octanol–water partition coefficient (Wildman–Crippen LogP) is 2.20. The van der Waals surface area contributed by atoms with Crippen molar-refractivity contribution in [3.05, 3.63) is 48.6 Å². The van der Waals surface area contributed by atoms with E-state index in [1.807, 2.05) is 41.0 Å². The van der Waals surface area contributed by atoms with Crippen LogP contribution in [0.3, 0.4) is 0 Å². The summed E-state index contributed by atoms with van der Waals surface area (Å²) >= 11 is 0. The Balaban J connectivity index is 1.34. The number of rotatable bonds is 5. The van der Waals surface area contributed by atoms with Crippen molar-refractivity contribution in [3.8, 4) is 11.4 Å². The third kappa shape index (κ3) is 3.89. The quantitative estimate of drug-likeness (QED) is 0.688. The van der Waals surface area contributed by atoms with E-state index in [-0.39, 0.29) is 5.91 Å². The zero-order valence-corrected chi connectivity index (χ0v) is 15.3. The highest BCUT2D eigenvalue weighted by molar-refractivity contribution is 5.76. The summed E-state index contributed by atoms with van der Waals surface area (Å²) in [5, 5.41) is 3.97. The molecule has 0 aromatic carbocycles. The van der Waals surface area contributed by atoms with Crippen LogP contribution in [0.1, 0.15) is 36.9 Å². The number of hydrogen-bond acceptors (Lipinski definition) is 6. The number of likely N-dealkylation sites (tertiary alicyclic amines) is 1. The van der Waals surface area contributed by atoms with Crippen molar-refractivity contribution in [1.29, 1.82) is 0 Å². The van der Waals surface area contributed by atoms with Gasteiger partial charge in [0.05, 0.1) is 0 Å². The number of imidazole rings is 1. The normalized spacial score (nSPS) is 17.2. The van der Waals surface area contributed by atoms with E-state index in [1.54, 1.807) is 12.4 Å². The Morgan fingerprint density at radius 2 is 2.30 bits per heavy atom. The summed E-state index contributed by atoms with van der Waals surface area (Å²) in [6.45, 7) is 1.51. The third-order valence-electron chi connectivity index (χ3n) is 4.94. The van der Waals surface area contributed by atoms with E-state index in [4.69, 9.17) is 4.52 Å². The van der Waals surface area contributed by atoms with Crippen LogP contribution >= 0.6 is 0 Å². The molecule has 0 spiro atoms. The molecule has 1 aliphatic rings. The van der Waals surface area contributed by atoms with Crippen LogP contribution < -0.4 is 0 Å². The van der Waals surface area contributed by atoms with Gasteiger partial charge in [0.15, 0.2) is 0 Å². The third-order valence-corrected chi connectivity index (χ3v) is 4.94. The maximum absolute atomic E-state index is 12.6. The lowest BCUT2D eigenvalue weighted by atomic mass is 9.97. The summed E-state index contributed by atoms with van der Waals surface area (Å²) in [6.07, 6.45) is 10.0. The van der Waals surface area contributed by atoms with Gasteiger partial charge in [-0.15, -0.1) is 0 Å². The van der Waals surface area contributed by atoms with Crippen LogP contribution in [0.4, 0.5) is 0 Å². The Labute approximate surface area is 157 Å². The predicted molar refractivity (Wildman–Crippen MR) is 97.6 cm³/mol. The van der Waals surface area contributed by atoms with E-state index in [9.17, 15) is 4.79 Å². The van der Waals surface area contributed by atoms with Crippen molar-refractivity contribution in [2.45, 2.75) is 31.6 Å². The fourth-order valence-electron chi connectivity index (χ4n) is 3.53. The molecular weight excluding hydrogens is 344 g/mol. The second-order valence-corrected chi connectivity index (χ2v) is 6.83. The molecule has 1 fully saturated rings. The SMILES string of the molecule is Cn1ccnc1C1CCCN(C(=O)CCc2nc(-c3cccnc3)no2)C1. The number of amides is 1. The fraction of sp³-hybridized carbons (Fsp3) is 0.421. The molecule has 1 amide bonds. The van der Waals surface area contributed by atoms with Gasteiger partial charge in [-0.2, -0.15) is 4.98 Å². The van der Waals surface area contributed by atoms with Crippen molar-refractivity contribution in [3.63, 3.8) is 0 Å². The molecule has 8 nitrogen and oxygen atoms in total. The van der Waals surface area contributed by atoms with Crippen LogP contribution in [0, 0.1) is 0 Å². The van der Waals surface area contributed by atoms with E-state index in [0.29, 0.717) is 37.0 Å². The average molecular weight is 366 g/mol. The van der Waals surface area contributed by atoms with Gasteiger partial charge in [-0.25, -0.2) is 4.98 Å². The van der Waals surface area contributed by atoms with E-state index in [1.165, 1.54) is 0 Å². The highest BCUT2D eigenvalue weighted by atomic mass is 16.5. The van der Waals surface area contributed by atoms with E-state index in [0.717, 1.165) is 30.8 Å². The van der Waals surface area contributed by atoms with Gasteiger partial charge in [0.1, 0.15) is 5.82 Å². The molecule has 0 radical (unpaired) electrons. The van der Waals surface area contributed by atoms with Crippen LogP contribution in [0.2, 0.25) is 0 Å². The molecule has 3 aromatic rings. The van der Waals surface area contributed by atoms with Gasteiger partial charge in [-0.05, 0) is 25.0 Å². The highest BCUT2D eigenvalue weighted by Crippen LogP contribution is 2.26. The summed E-state index contributed by atoms with van der Waals surface area (Å²) in [6, 6.07) is 3.70. The van der Waals surface area contributed by atoms with Crippen LogP contribution in [-0.4, -0.2) is 48.6 Å². The zero-order valence-electron chi connectivity index (χ0n) is 15.3. The number of aryl methyl sites for hydroxylation is 2. The first-order chi connectivity index (χ1) is 13.2. The molecule has 0 saturated carbocycles. The number of aromatic nitrogens is 5. The van der Waals surface area contributed by atoms with Crippen molar-refractivity contribution in [2.24, 2.45) is 7.05 Å². The number of carbonyl (C=O) groups excluding carboxylic acids is 1. The van der Waals surface area contributed by atoms with Crippen LogP contribution in [0.5, 0.6) is 0 Å². The lowest BCUT2D eigenvalue weighted by Crippen LogP contribution is -2.39.